The van der Waals surface area contributed by atoms with Gasteiger partial charge in [-0.05, 0) is 41.8 Å². The zero-order valence-electron chi connectivity index (χ0n) is 9.32. The zero-order chi connectivity index (χ0) is 12.4. The summed E-state index contributed by atoms with van der Waals surface area (Å²) in [4.78, 5) is 0. The molecule has 2 aromatic carbocycles. The lowest BCUT2D eigenvalue weighted by Crippen LogP contribution is -2.01. The molecule has 0 amide bonds. The van der Waals surface area contributed by atoms with Crippen LogP contribution in [-0.4, -0.2) is 5.11 Å². The van der Waals surface area contributed by atoms with Gasteiger partial charge in [0.05, 0.1) is 0 Å². The Hall–Kier alpha value is -1.19. The summed E-state index contributed by atoms with van der Waals surface area (Å²) in [5, 5.41) is 10.2. The quantitative estimate of drug-likeness (QED) is 0.888. The van der Waals surface area contributed by atoms with Crippen molar-refractivity contribution in [3.05, 3.63) is 69.4 Å². The van der Waals surface area contributed by atoms with Gasteiger partial charge in [-0.1, -0.05) is 40.2 Å². The van der Waals surface area contributed by atoms with E-state index in [1.807, 2.05) is 25.1 Å². The van der Waals surface area contributed by atoms with Crippen molar-refractivity contribution in [3.63, 3.8) is 0 Å². The number of aryl methyl sites for hydroxylation is 1. The van der Waals surface area contributed by atoms with Gasteiger partial charge < -0.3 is 5.11 Å². The first-order valence-electron chi connectivity index (χ1n) is 5.27. The smallest absolute Gasteiger partial charge is 0.123 e. The van der Waals surface area contributed by atoms with Gasteiger partial charge in [0.1, 0.15) is 11.9 Å². The first kappa shape index (κ1) is 12.3. The number of rotatable bonds is 2. The van der Waals surface area contributed by atoms with Crippen LogP contribution in [-0.2, 0) is 0 Å². The van der Waals surface area contributed by atoms with Crippen molar-refractivity contribution in [1.29, 1.82) is 0 Å². The maximum atomic E-state index is 13.1. The van der Waals surface area contributed by atoms with Crippen molar-refractivity contribution < 1.29 is 9.50 Å². The second-order valence-corrected chi connectivity index (χ2v) is 4.84. The molecule has 0 saturated heterocycles. The molecule has 0 fully saturated rings. The van der Waals surface area contributed by atoms with Gasteiger partial charge in [-0.2, -0.15) is 0 Å². The minimum atomic E-state index is -0.819. The summed E-state index contributed by atoms with van der Waals surface area (Å²) < 4.78 is 13.9. The lowest BCUT2D eigenvalue weighted by atomic mass is 10.0. The maximum absolute atomic E-state index is 13.1. The predicted octanol–water partition coefficient (Wildman–Crippen LogP) is 3.98. The molecule has 3 heteroatoms. The Labute approximate surface area is 108 Å². The Balaban J connectivity index is 2.40. The van der Waals surface area contributed by atoms with Crippen LogP contribution < -0.4 is 0 Å². The molecule has 1 unspecified atom stereocenters. The summed E-state index contributed by atoms with van der Waals surface area (Å²) in [6.07, 6.45) is -0.819. The highest BCUT2D eigenvalue weighted by Gasteiger charge is 2.13. The summed E-state index contributed by atoms with van der Waals surface area (Å²) >= 11 is 3.41. The lowest BCUT2D eigenvalue weighted by molar-refractivity contribution is 0.219. The third kappa shape index (κ3) is 2.73. The van der Waals surface area contributed by atoms with Gasteiger partial charge >= 0.3 is 0 Å². The third-order valence-electron chi connectivity index (χ3n) is 2.61. The van der Waals surface area contributed by atoms with Crippen LogP contribution in [0, 0.1) is 12.7 Å². The van der Waals surface area contributed by atoms with E-state index in [9.17, 15) is 9.50 Å². The molecule has 0 aromatic heterocycles. The Morgan fingerprint density at radius 1 is 1.18 bits per heavy atom. The summed E-state index contributed by atoms with van der Waals surface area (Å²) in [5.74, 6) is -0.343. The average molecular weight is 295 g/mol. The van der Waals surface area contributed by atoms with E-state index in [0.29, 0.717) is 5.56 Å². The summed E-state index contributed by atoms with van der Waals surface area (Å²) in [5.41, 5.74) is 2.39. The average Bonchev–Trinajstić information content (AvgIpc) is 2.28. The van der Waals surface area contributed by atoms with Gasteiger partial charge in [0.2, 0.25) is 0 Å². The highest BCUT2D eigenvalue weighted by molar-refractivity contribution is 9.10. The topological polar surface area (TPSA) is 20.2 Å². The van der Waals surface area contributed by atoms with Gasteiger partial charge in [-0.25, -0.2) is 4.39 Å². The molecule has 1 nitrogen and oxygen atoms in total. The molecule has 2 aromatic rings. The summed E-state index contributed by atoms with van der Waals surface area (Å²) in [6, 6.07) is 11.7. The monoisotopic (exact) mass is 294 g/mol. The van der Waals surface area contributed by atoms with Crippen LogP contribution in [0.3, 0.4) is 0 Å². The van der Waals surface area contributed by atoms with Crippen LogP contribution in [0.15, 0.2) is 46.9 Å². The number of hydrogen-bond donors (Lipinski definition) is 1. The molecule has 1 N–H and O–H groups in total. The fourth-order valence-electron chi connectivity index (χ4n) is 1.71. The highest BCUT2D eigenvalue weighted by atomic mass is 79.9. The summed E-state index contributed by atoms with van der Waals surface area (Å²) in [7, 11) is 0. The van der Waals surface area contributed by atoms with Crippen molar-refractivity contribution in [1.82, 2.24) is 0 Å². The first-order valence-corrected chi connectivity index (χ1v) is 6.07. The molecule has 88 valence electrons. The van der Waals surface area contributed by atoms with Crippen molar-refractivity contribution in [3.8, 4) is 0 Å². The normalized spacial score (nSPS) is 12.5. The van der Waals surface area contributed by atoms with Crippen LogP contribution in [0.25, 0.3) is 0 Å². The van der Waals surface area contributed by atoms with E-state index in [2.05, 4.69) is 15.9 Å². The molecule has 0 saturated carbocycles. The second kappa shape index (κ2) is 4.98. The van der Waals surface area contributed by atoms with E-state index in [1.54, 1.807) is 12.1 Å². The van der Waals surface area contributed by atoms with Crippen LogP contribution in [0.1, 0.15) is 22.8 Å². The van der Waals surface area contributed by atoms with Gasteiger partial charge in [0, 0.05) is 4.47 Å². The van der Waals surface area contributed by atoms with Crippen molar-refractivity contribution in [2.75, 3.05) is 0 Å². The van der Waals surface area contributed by atoms with E-state index in [1.165, 1.54) is 12.1 Å². The van der Waals surface area contributed by atoms with Gasteiger partial charge in [0.15, 0.2) is 0 Å². The molecule has 0 aliphatic rings. The minimum absolute atomic E-state index is 0.343. The van der Waals surface area contributed by atoms with Crippen molar-refractivity contribution >= 4 is 15.9 Å². The van der Waals surface area contributed by atoms with Crippen LogP contribution in [0.5, 0.6) is 0 Å². The van der Waals surface area contributed by atoms with E-state index in [4.69, 9.17) is 0 Å². The standard InChI is InChI=1S/C14H12BrFO/c1-9-5-6-12(13(15)7-9)14(17)10-3-2-4-11(16)8-10/h2-8,14,17H,1H3. The Morgan fingerprint density at radius 2 is 1.94 bits per heavy atom. The molecule has 1 atom stereocenters. The fraction of sp³-hybridized carbons (Fsp3) is 0.143. The number of aliphatic hydroxyl groups excluding tert-OH is 1. The molecule has 17 heavy (non-hydrogen) atoms. The highest BCUT2D eigenvalue weighted by Crippen LogP contribution is 2.29. The SMILES string of the molecule is Cc1ccc(C(O)c2cccc(F)c2)c(Br)c1. The van der Waals surface area contributed by atoms with E-state index < -0.39 is 6.10 Å². The number of benzene rings is 2. The molecule has 0 aliphatic carbocycles. The first-order chi connectivity index (χ1) is 8.08. The maximum Gasteiger partial charge on any atom is 0.123 e. The lowest BCUT2D eigenvalue weighted by Gasteiger charge is -2.13. The zero-order valence-corrected chi connectivity index (χ0v) is 10.9. The van der Waals surface area contributed by atoms with E-state index in [0.717, 1.165) is 15.6 Å². The Kier molecular flexibility index (Phi) is 3.60. The third-order valence-corrected chi connectivity index (χ3v) is 3.30. The molecular weight excluding hydrogens is 283 g/mol. The predicted molar refractivity (Wildman–Crippen MR) is 69.3 cm³/mol. The molecule has 0 radical (unpaired) electrons. The van der Waals surface area contributed by atoms with Crippen LogP contribution in [0.2, 0.25) is 0 Å². The molecular formula is C14H12BrFO. The van der Waals surface area contributed by atoms with Crippen molar-refractivity contribution in [2.24, 2.45) is 0 Å². The molecule has 0 bridgehead atoms. The molecule has 0 spiro atoms. The van der Waals surface area contributed by atoms with Crippen molar-refractivity contribution in [2.45, 2.75) is 13.0 Å². The number of halogens is 2. The largest absolute Gasteiger partial charge is 0.384 e. The van der Waals surface area contributed by atoms with Gasteiger partial charge in [-0.15, -0.1) is 0 Å². The molecule has 2 rings (SSSR count). The number of aliphatic hydroxyl groups is 1. The second-order valence-electron chi connectivity index (χ2n) is 3.98. The summed E-state index contributed by atoms with van der Waals surface area (Å²) in [6.45, 7) is 1.98. The Morgan fingerprint density at radius 3 is 2.59 bits per heavy atom. The molecule has 0 heterocycles. The Bertz CT molecular complexity index is 539. The minimum Gasteiger partial charge on any atom is -0.384 e. The van der Waals surface area contributed by atoms with Crippen LogP contribution >= 0.6 is 15.9 Å². The van der Waals surface area contributed by atoms with Gasteiger partial charge in [0.25, 0.3) is 0 Å². The number of hydrogen-bond acceptors (Lipinski definition) is 1. The fourth-order valence-corrected chi connectivity index (χ4v) is 2.42. The van der Waals surface area contributed by atoms with E-state index in [-0.39, 0.29) is 5.82 Å². The van der Waals surface area contributed by atoms with E-state index >= 15 is 0 Å². The van der Waals surface area contributed by atoms with Crippen LogP contribution in [0.4, 0.5) is 4.39 Å². The molecule has 0 aliphatic heterocycles. The van der Waals surface area contributed by atoms with Gasteiger partial charge in [-0.3, -0.25) is 0 Å².